The predicted octanol–water partition coefficient (Wildman–Crippen LogP) is 2.61. The molecule has 104 valence electrons. The van der Waals surface area contributed by atoms with E-state index in [1.165, 1.54) is 22.2 Å². The number of nitrogen functional groups attached to an aromatic ring is 1. The standard InChI is InChI=1S/C12H14N6S2/c1-5-6(2)20-11-9(5)10(13)15-8(16-11)4-19-12-14-7(3)17-18-12/h4H2,1-3H3,(H2,13,15,16)(H,14,17,18). The molecule has 8 heteroatoms. The molecule has 0 amide bonds. The number of anilines is 1. The zero-order chi connectivity index (χ0) is 14.3. The summed E-state index contributed by atoms with van der Waals surface area (Å²) in [5.74, 6) is 2.67. The average Bonchev–Trinajstić information content (AvgIpc) is 2.92. The third-order valence-corrected chi connectivity index (χ3v) is 4.95. The molecule has 0 fully saturated rings. The van der Waals surface area contributed by atoms with Crippen molar-refractivity contribution in [3.63, 3.8) is 0 Å². The molecule has 0 radical (unpaired) electrons. The van der Waals surface area contributed by atoms with Gasteiger partial charge >= 0.3 is 0 Å². The van der Waals surface area contributed by atoms with Gasteiger partial charge in [-0.2, -0.15) is 0 Å². The Labute approximate surface area is 124 Å². The molecule has 0 unspecified atom stereocenters. The van der Waals surface area contributed by atoms with E-state index in [4.69, 9.17) is 5.73 Å². The van der Waals surface area contributed by atoms with Crippen LogP contribution in [0.4, 0.5) is 5.82 Å². The van der Waals surface area contributed by atoms with Gasteiger partial charge in [-0.25, -0.2) is 15.0 Å². The van der Waals surface area contributed by atoms with Crippen molar-refractivity contribution in [3.05, 3.63) is 22.1 Å². The molecule has 3 aromatic heterocycles. The van der Waals surface area contributed by atoms with Crippen LogP contribution >= 0.6 is 23.1 Å². The lowest BCUT2D eigenvalue weighted by molar-refractivity contribution is 0.965. The number of hydrogen-bond acceptors (Lipinski definition) is 7. The number of nitrogens with one attached hydrogen (secondary N) is 1. The van der Waals surface area contributed by atoms with E-state index in [-0.39, 0.29) is 0 Å². The first-order chi connectivity index (χ1) is 9.54. The van der Waals surface area contributed by atoms with Gasteiger partial charge in [0.25, 0.3) is 0 Å². The number of thioether (sulfide) groups is 1. The molecular weight excluding hydrogens is 292 g/mol. The van der Waals surface area contributed by atoms with Crippen molar-refractivity contribution in [2.45, 2.75) is 31.7 Å². The lowest BCUT2D eigenvalue weighted by Gasteiger charge is -2.01. The van der Waals surface area contributed by atoms with E-state index >= 15 is 0 Å². The third-order valence-electron chi connectivity index (χ3n) is 3.01. The Hall–Kier alpha value is -1.67. The molecular formula is C12H14N6S2. The summed E-state index contributed by atoms with van der Waals surface area (Å²) in [5, 5.41) is 8.57. The predicted molar refractivity (Wildman–Crippen MR) is 82.0 cm³/mol. The largest absolute Gasteiger partial charge is 0.383 e. The zero-order valence-electron chi connectivity index (χ0n) is 11.4. The SMILES string of the molecule is Cc1nc(SCc2nc(N)c3c(C)c(C)sc3n2)n[nH]1. The van der Waals surface area contributed by atoms with Gasteiger partial charge in [0.05, 0.1) is 11.1 Å². The van der Waals surface area contributed by atoms with Crippen LogP contribution in [0.1, 0.15) is 22.1 Å². The Morgan fingerprint density at radius 2 is 2.00 bits per heavy atom. The number of H-pyrrole nitrogens is 1. The van der Waals surface area contributed by atoms with E-state index in [9.17, 15) is 0 Å². The van der Waals surface area contributed by atoms with Gasteiger partial charge in [-0.15, -0.1) is 16.4 Å². The Morgan fingerprint density at radius 1 is 1.20 bits per heavy atom. The van der Waals surface area contributed by atoms with Crippen molar-refractivity contribution in [2.24, 2.45) is 0 Å². The lowest BCUT2D eigenvalue weighted by Crippen LogP contribution is -1.99. The fraction of sp³-hybridized carbons (Fsp3) is 0.333. The van der Waals surface area contributed by atoms with Gasteiger partial charge in [0.2, 0.25) is 5.16 Å². The summed E-state index contributed by atoms with van der Waals surface area (Å²) < 4.78 is 0. The summed E-state index contributed by atoms with van der Waals surface area (Å²) in [5.41, 5.74) is 7.23. The molecule has 3 N–H and O–H groups in total. The number of nitrogens with two attached hydrogens (primary N) is 1. The number of nitrogens with zero attached hydrogens (tertiary/aromatic N) is 4. The van der Waals surface area contributed by atoms with E-state index in [2.05, 4.69) is 39.0 Å². The van der Waals surface area contributed by atoms with Crippen LogP contribution in [0.25, 0.3) is 10.2 Å². The fourth-order valence-electron chi connectivity index (χ4n) is 1.91. The van der Waals surface area contributed by atoms with Crippen LogP contribution in [0.15, 0.2) is 5.16 Å². The smallest absolute Gasteiger partial charge is 0.208 e. The molecule has 0 aliphatic carbocycles. The molecule has 0 bridgehead atoms. The van der Waals surface area contributed by atoms with Crippen LogP contribution in [0.5, 0.6) is 0 Å². The van der Waals surface area contributed by atoms with Crippen molar-refractivity contribution >= 4 is 39.1 Å². The van der Waals surface area contributed by atoms with Crippen LogP contribution in [-0.4, -0.2) is 25.1 Å². The monoisotopic (exact) mass is 306 g/mol. The molecule has 3 rings (SSSR count). The molecule has 0 aliphatic heterocycles. The first-order valence-electron chi connectivity index (χ1n) is 6.08. The Balaban J connectivity index is 1.89. The molecule has 6 nitrogen and oxygen atoms in total. The molecule has 0 spiro atoms. The summed E-state index contributed by atoms with van der Waals surface area (Å²) in [6.07, 6.45) is 0. The molecule has 0 aliphatic rings. The van der Waals surface area contributed by atoms with Gasteiger partial charge in [0.15, 0.2) is 0 Å². The lowest BCUT2D eigenvalue weighted by atomic mass is 10.2. The van der Waals surface area contributed by atoms with E-state index in [0.717, 1.165) is 16.0 Å². The van der Waals surface area contributed by atoms with Gasteiger partial charge < -0.3 is 5.73 Å². The summed E-state index contributed by atoms with van der Waals surface area (Å²) in [6.45, 7) is 6.00. The molecule has 0 saturated carbocycles. The maximum absolute atomic E-state index is 6.05. The third kappa shape index (κ3) is 2.36. The number of thiophene rings is 1. The van der Waals surface area contributed by atoms with Crippen LogP contribution in [0, 0.1) is 20.8 Å². The highest BCUT2D eigenvalue weighted by Crippen LogP contribution is 2.32. The molecule has 3 aromatic rings. The summed E-state index contributed by atoms with van der Waals surface area (Å²) in [7, 11) is 0. The normalized spacial score (nSPS) is 11.3. The van der Waals surface area contributed by atoms with Gasteiger partial charge in [0.1, 0.15) is 22.3 Å². The fourth-order valence-corrected chi connectivity index (χ4v) is 3.66. The number of aromatic amines is 1. The van der Waals surface area contributed by atoms with Crippen molar-refractivity contribution in [2.75, 3.05) is 5.73 Å². The number of aryl methyl sites for hydroxylation is 3. The quantitative estimate of drug-likeness (QED) is 0.722. The van der Waals surface area contributed by atoms with Crippen LogP contribution in [0.2, 0.25) is 0 Å². The first kappa shape index (κ1) is 13.3. The molecule has 0 aromatic carbocycles. The Kier molecular flexibility index (Phi) is 3.35. The molecule has 0 saturated heterocycles. The Morgan fingerprint density at radius 3 is 2.70 bits per heavy atom. The number of hydrogen-bond donors (Lipinski definition) is 2. The summed E-state index contributed by atoms with van der Waals surface area (Å²) >= 11 is 3.15. The van der Waals surface area contributed by atoms with Crippen LogP contribution < -0.4 is 5.73 Å². The minimum absolute atomic E-state index is 0.554. The molecule has 3 heterocycles. The van der Waals surface area contributed by atoms with E-state index in [0.29, 0.717) is 22.6 Å². The Bertz CT molecular complexity index is 776. The maximum Gasteiger partial charge on any atom is 0.208 e. The van der Waals surface area contributed by atoms with Crippen LogP contribution in [0.3, 0.4) is 0 Å². The van der Waals surface area contributed by atoms with Gasteiger partial charge in [-0.05, 0) is 26.3 Å². The average molecular weight is 306 g/mol. The highest BCUT2D eigenvalue weighted by Gasteiger charge is 2.13. The topological polar surface area (TPSA) is 93.4 Å². The van der Waals surface area contributed by atoms with E-state index in [1.54, 1.807) is 11.3 Å². The van der Waals surface area contributed by atoms with Crippen molar-refractivity contribution in [1.29, 1.82) is 0 Å². The highest BCUT2D eigenvalue weighted by atomic mass is 32.2. The van der Waals surface area contributed by atoms with Crippen molar-refractivity contribution in [3.8, 4) is 0 Å². The van der Waals surface area contributed by atoms with Gasteiger partial charge in [-0.3, -0.25) is 5.10 Å². The van der Waals surface area contributed by atoms with Crippen molar-refractivity contribution < 1.29 is 0 Å². The highest BCUT2D eigenvalue weighted by molar-refractivity contribution is 7.98. The second-order valence-electron chi connectivity index (χ2n) is 4.48. The minimum Gasteiger partial charge on any atom is -0.383 e. The number of aromatic nitrogens is 5. The number of rotatable bonds is 3. The zero-order valence-corrected chi connectivity index (χ0v) is 13.0. The van der Waals surface area contributed by atoms with Gasteiger partial charge in [0, 0.05) is 4.88 Å². The minimum atomic E-state index is 0.554. The maximum atomic E-state index is 6.05. The van der Waals surface area contributed by atoms with Crippen molar-refractivity contribution in [1.82, 2.24) is 25.1 Å². The van der Waals surface area contributed by atoms with Crippen LogP contribution in [-0.2, 0) is 5.75 Å². The number of fused-ring (bicyclic) bond motifs is 1. The second-order valence-corrected chi connectivity index (χ2v) is 6.63. The molecule has 0 atom stereocenters. The van der Waals surface area contributed by atoms with Gasteiger partial charge in [-0.1, -0.05) is 11.8 Å². The van der Waals surface area contributed by atoms with E-state index in [1.807, 2.05) is 6.92 Å². The second kappa shape index (κ2) is 5.02. The summed E-state index contributed by atoms with van der Waals surface area (Å²) in [6, 6.07) is 0. The molecule has 20 heavy (non-hydrogen) atoms. The first-order valence-corrected chi connectivity index (χ1v) is 7.88. The summed E-state index contributed by atoms with van der Waals surface area (Å²) in [4.78, 5) is 15.4. The van der Waals surface area contributed by atoms with E-state index < -0.39 is 0 Å².